The second-order valence-corrected chi connectivity index (χ2v) is 4.13. The molecule has 1 fully saturated rings. The van der Waals surface area contributed by atoms with Gasteiger partial charge in [-0.2, -0.15) is 0 Å². The number of benzene rings is 1. The fourth-order valence-corrected chi connectivity index (χ4v) is 2.03. The van der Waals surface area contributed by atoms with Crippen LogP contribution in [0.1, 0.15) is 18.5 Å². The van der Waals surface area contributed by atoms with Gasteiger partial charge in [0.2, 0.25) is 12.9 Å². The van der Waals surface area contributed by atoms with Crippen LogP contribution in [-0.2, 0) is 14.3 Å². The maximum atomic E-state index is 11.3. The van der Waals surface area contributed by atoms with Crippen LogP contribution in [0.5, 0.6) is 11.5 Å². The minimum Gasteiger partial charge on any atom is -0.454 e. The van der Waals surface area contributed by atoms with Crippen molar-refractivity contribution in [2.24, 2.45) is 0 Å². The Morgan fingerprint density at radius 3 is 2.89 bits per heavy atom. The molecular weight excluding hydrogens is 238 g/mol. The molecule has 18 heavy (non-hydrogen) atoms. The van der Waals surface area contributed by atoms with Crippen molar-refractivity contribution >= 4 is 11.9 Å². The molecule has 1 amide bonds. The Morgan fingerprint density at radius 1 is 1.39 bits per heavy atom. The van der Waals surface area contributed by atoms with Crippen LogP contribution in [0.4, 0.5) is 0 Å². The van der Waals surface area contributed by atoms with Gasteiger partial charge in [0.1, 0.15) is 6.04 Å². The molecule has 0 unspecified atom stereocenters. The van der Waals surface area contributed by atoms with Gasteiger partial charge in [0.05, 0.1) is 0 Å². The average Bonchev–Trinajstić information content (AvgIpc) is 2.80. The van der Waals surface area contributed by atoms with Crippen molar-refractivity contribution in [3.8, 4) is 11.5 Å². The first-order chi connectivity index (χ1) is 8.65. The molecule has 6 nitrogen and oxygen atoms in total. The van der Waals surface area contributed by atoms with Gasteiger partial charge in [-0.25, -0.2) is 0 Å². The number of β-lactam (4-membered cyclic amide) rings is 1. The smallest absolute Gasteiger partial charge is 0.303 e. The first kappa shape index (κ1) is 10.9. The van der Waals surface area contributed by atoms with Crippen LogP contribution >= 0.6 is 0 Å². The number of carbonyl (C=O) groups is 2. The van der Waals surface area contributed by atoms with Crippen molar-refractivity contribution < 1.29 is 23.8 Å². The Hall–Kier alpha value is -2.24. The lowest BCUT2D eigenvalue weighted by molar-refractivity contribution is -0.164. The van der Waals surface area contributed by atoms with Gasteiger partial charge in [0.15, 0.2) is 11.5 Å². The number of hydrogen-bond donors (Lipinski definition) is 1. The summed E-state index contributed by atoms with van der Waals surface area (Å²) in [5.41, 5.74) is 0.824. The third-order valence-corrected chi connectivity index (χ3v) is 2.91. The molecule has 0 saturated carbocycles. The van der Waals surface area contributed by atoms with Crippen LogP contribution < -0.4 is 14.8 Å². The van der Waals surface area contributed by atoms with E-state index in [1.54, 1.807) is 12.1 Å². The van der Waals surface area contributed by atoms with Gasteiger partial charge in [-0.3, -0.25) is 9.59 Å². The van der Waals surface area contributed by atoms with Gasteiger partial charge in [0, 0.05) is 6.92 Å². The number of esters is 1. The van der Waals surface area contributed by atoms with E-state index in [0.717, 1.165) is 5.56 Å². The Balaban J connectivity index is 1.82. The molecule has 0 aliphatic carbocycles. The predicted molar refractivity (Wildman–Crippen MR) is 59.0 cm³/mol. The van der Waals surface area contributed by atoms with Crippen molar-refractivity contribution in [2.45, 2.75) is 19.1 Å². The minimum atomic E-state index is -0.761. The second-order valence-electron chi connectivity index (χ2n) is 4.13. The molecule has 1 aromatic carbocycles. The molecule has 0 aromatic heterocycles. The van der Waals surface area contributed by atoms with E-state index in [2.05, 4.69) is 5.32 Å². The maximum Gasteiger partial charge on any atom is 0.303 e. The summed E-state index contributed by atoms with van der Waals surface area (Å²) in [6, 6.07) is 5.04. The molecule has 2 aliphatic rings. The number of fused-ring (bicyclic) bond motifs is 1. The van der Waals surface area contributed by atoms with Crippen molar-refractivity contribution in [2.75, 3.05) is 6.79 Å². The lowest BCUT2D eigenvalue weighted by Crippen LogP contribution is -2.57. The van der Waals surface area contributed by atoms with Crippen LogP contribution in [0, 0.1) is 0 Å². The molecule has 2 atom stereocenters. The van der Waals surface area contributed by atoms with Gasteiger partial charge < -0.3 is 19.5 Å². The first-order valence-corrected chi connectivity index (χ1v) is 5.52. The largest absolute Gasteiger partial charge is 0.454 e. The monoisotopic (exact) mass is 249 g/mol. The van der Waals surface area contributed by atoms with Crippen LogP contribution in [-0.4, -0.2) is 24.8 Å². The van der Waals surface area contributed by atoms with Crippen molar-refractivity contribution in [3.63, 3.8) is 0 Å². The Kier molecular flexibility index (Phi) is 2.36. The number of amides is 1. The molecule has 1 saturated heterocycles. The summed E-state index contributed by atoms with van der Waals surface area (Å²) in [6.45, 7) is 1.48. The van der Waals surface area contributed by atoms with Crippen molar-refractivity contribution in [3.05, 3.63) is 23.8 Å². The molecule has 0 radical (unpaired) electrons. The quantitative estimate of drug-likeness (QED) is 0.611. The van der Waals surface area contributed by atoms with Gasteiger partial charge in [-0.05, 0) is 17.7 Å². The third kappa shape index (κ3) is 1.66. The molecule has 6 heteroatoms. The highest BCUT2D eigenvalue weighted by atomic mass is 16.7. The maximum absolute atomic E-state index is 11.3. The van der Waals surface area contributed by atoms with E-state index in [0.29, 0.717) is 11.5 Å². The molecule has 1 N–H and O–H groups in total. The predicted octanol–water partition coefficient (Wildman–Crippen LogP) is 0.518. The molecular formula is C12H11NO5. The van der Waals surface area contributed by atoms with Gasteiger partial charge in [-0.15, -0.1) is 0 Å². The van der Waals surface area contributed by atoms with E-state index in [1.165, 1.54) is 6.92 Å². The number of hydrogen-bond acceptors (Lipinski definition) is 5. The topological polar surface area (TPSA) is 73.9 Å². The zero-order valence-electron chi connectivity index (χ0n) is 9.64. The Morgan fingerprint density at radius 2 is 2.17 bits per heavy atom. The van der Waals surface area contributed by atoms with Gasteiger partial charge in [-0.1, -0.05) is 6.07 Å². The number of ether oxygens (including phenoxy) is 3. The van der Waals surface area contributed by atoms with E-state index >= 15 is 0 Å². The van der Waals surface area contributed by atoms with E-state index < -0.39 is 12.1 Å². The van der Waals surface area contributed by atoms with Crippen molar-refractivity contribution in [1.29, 1.82) is 0 Å². The minimum absolute atomic E-state index is 0.198. The van der Waals surface area contributed by atoms with Crippen LogP contribution in [0.2, 0.25) is 0 Å². The number of rotatable bonds is 2. The molecule has 2 heterocycles. The zero-order chi connectivity index (χ0) is 12.7. The highest BCUT2D eigenvalue weighted by Gasteiger charge is 2.43. The summed E-state index contributed by atoms with van der Waals surface area (Å²) < 4.78 is 15.4. The fraction of sp³-hybridized carbons (Fsp3) is 0.333. The molecule has 0 bridgehead atoms. The van der Waals surface area contributed by atoms with Crippen LogP contribution in [0.25, 0.3) is 0 Å². The SMILES string of the molecule is CC(=O)O[C@H]1C(=O)N[C@@H]1c1ccc2c(c1)OCO2. The normalized spacial score (nSPS) is 24.2. The zero-order valence-corrected chi connectivity index (χ0v) is 9.64. The number of nitrogens with one attached hydrogen (secondary N) is 1. The summed E-state index contributed by atoms with van der Waals surface area (Å²) in [6.07, 6.45) is -0.761. The van der Waals surface area contributed by atoms with Crippen LogP contribution in [0.3, 0.4) is 0 Å². The lowest BCUT2D eigenvalue weighted by atomic mass is 9.93. The molecule has 1 aromatic rings. The summed E-state index contributed by atoms with van der Waals surface area (Å²) in [7, 11) is 0. The Bertz CT molecular complexity index is 527. The van der Waals surface area contributed by atoms with Crippen LogP contribution in [0.15, 0.2) is 18.2 Å². The van der Waals surface area contributed by atoms with E-state index in [-0.39, 0.29) is 18.7 Å². The highest BCUT2D eigenvalue weighted by molar-refractivity contribution is 5.90. The molecule has 2 aliphatic heterocycles. The van der Waals surface area contributed by atoms with E-state index in [4.69, 9.17) is 14.2 Å². The Labute approximate surface area is 103 Å². The average molecular weight is 249 g/mol. The molecule has 94 valence electrons. The summed E-state index contributed by atoms with van der Waals surface area (Å²) in [5.74, 6) is 0.553. The summed E-state index contributed by atoms with van der Waals surface area (Å²) >= 11 is 0. The first-order valence-electron chi connectivity index (χ1n) is 5.52. The lowest BCUT2D eigenvalue weighted by Gasteiger charge is -2.35. The molecule has 0 spiro atoms. The van der Waals surface area contributed by atoms with Crippen molar-refractivity contribution in [1.82, 2.24) is 5.32 Å². The summed E-state index contributed by atoms with van der Waals surface area (Å²) in [4.78, 5) is 22.2. The highest BCUT2D eigenvalue weighted by Crippen LogP contribution is 2.37. The second kappa shape index (κ2) is 3.90. The van der Waals surface area contributed by atoms with Gasteiger partial charge >= 0.3 is 5.97 Å². The fourth-order valence-electron chi connectivity index (χ4n) is 2.03. The third-order valence-electron chi connectivity index (χ3n) is 2.91. The van der Waals surface area contributed by atoms with E-state index in [9.17, 15) is 9.59 Å². The van der Waals surface area contributed by atoms with E-state index in [1.807, 2.05) is 6.07 Å². The number of carbonyl (C=O) groups excluding carboxylic acids is 2. The molecule has 3 rings (SSSR count). The van der Waals surface area contributed by atoms with Gasteiger partial charge in [0.25, 0.3) is 5.91 Å². The standard InChI is InChI=1S/C12H11NO5/c1-6(14)18-11-10(13-12(11)15)7-2-3-8-9(4-7)17-5-16-8/h2-4,10-11H,5H2,1H3,(H,13,15)/t10-,11-/m1/s1. The summed E-state index contributed by atoms with van der Waals surface area (Å²) in [5, 5.41) is 2.69.